The average molecular weight is 282 g/mol. The van der Waals surface area contributed by atoms with Crippen LogP contribution >= 0.6 is 11.8 Å². The van der Waals surface area contributed by atoms with E-state index in [0.29, 0.717) is 5.56 Å². The van der Waals surface area contributed by atoms with Crippen LogP contribution in [0.2, 0.25) is 0 Å². The highest BCUT2D eigenvalue weighted by Crippen LogP contribution is 2.19. The second kappa shape index (κ2) is 5.92. The average Bonchev–Trinajstić information content (AvgIpc) is 3.01. The van der Waals surface area contributed by atoms with Crippen molar-refractivity contribution < 1.29 is 4.79 Å². The molecule has 0 radical (unpaired) electrons. The smallest absolute Gasteiger partial charge is 0.257 e. The third-order valence-corrected chi connectivity index (χ3v) is 3.95. The summed E-state index contributed by atoms with van der Waals surface area (Å²) in [6, 6.07) is 17.7. The van der Waals surface area contributed by atoms with Crippen molar-refractivity contribution >= 4 is 22.8 Å². The lowest BCUT2D eigenvalue weighted by atomic mass is 10.0. The fourth-order valence-electron chi connectivity index (χ4n) is 2.02. The molecule has 2 aromatic carbocycles. The zero-order valence-corrected chi connectivity index (χ0v) is 11.7. The molecule has 20 heavy (non-hydrogen) atoms. The van der Waals surface area contributed by atoms with Crippen molar-refractivity contribution in [2.75, 3.05) is 12.3 Å². The molecule has 100 valence electrons. The summed E-state index contributed by atoms with van der Waals surface area (Å²) < 4.78 is 0. The Morgan fingerprint density at radius 2 is 1.70 bits per heavy atom. The molecule has 0 unspecified atom stereocenters. The van der Waals surface area contributed by atoms with Gasteiger partial charge in [-0.3, -0.25) is 9.79 Å². The highest BCUT2D eigenvalue weighted by atomic mass is 32.2. The van der Waals surface area contributed by atoms with E-state index >= 15 is 0 Å². The summed E-state index contributed by atoms with van der Waals surface area (Å²) in [6.45, 7) is 0.785. The van der Waals surface area contributed by atoms with E-state index in [1.807, 2.05) is 42.5 Å². The third kappa shape index (κ3) is 2.91. The standard InChI is InChI=1S/C16H14N2OS/c19-15(18-16-17-10-11-20-16)14-8-6-13(7-9-14)12-4-2-1-3-5-12/h1-9H,10-11H2,(H,17,18,19). The van der Waals surface area contributed by atoms with Crippen LogP contribution < -0.4 is 5.32 Å². The number of hydrogen-bond acceptors (Lipinski definition) is 3. The number of nitrogens with zero attached hydrogens (tertiary/aromatic N) is 1. The van der Waals surface area contributed by atoms with Crippen molar-refractivity contribution in [1.29, 1.82) is 0 Å². The maximum atomic E-state index is 12.0. The molecule has 0 spiro atoms. The Morgan fingerprint density at radius 1 is 1.00 bits per heavy atom. The molecule has 4 heteroatoms. The fraction of sp³-hybridized carbons (Fsp3) is 0.125. The van der Waals surface area contributed by atoms with Gasteiger partial charge in [-0.1, -0.05) is 54.2 Å². The first-order valence-electron chi connectivity index (χ1n) is 6.47. The molecule has 1 aliphatic heterocycles. The van der Waals surface area contributed by atoms with E-state index in [0.717, 1.165) is 28.6 Å². The summed E-state index contributed by atoms with van der Waals surface area (Å²) in [6.07, 6.45) is 0. The Hall–Kier alpha value is -2.07. The number of carbonyl (C=O) groups is 1. The minimum atomic E-state index is -0.0993. The normalized spacial score (nSPS) is 13.9. The summed E-state index contributed by atoms with van der Waals surface area (Å²) >= 11 is 1.58. The summed E-state index contributed by atoms with van der Waals surface area (Å²) in [4.78, 5) is 16.3. The van der Waals surface area contributed by atoms with Gasteiger partial charge in [0.2, 0.25) is 0 Å². The summed E-state index contributed by atoms with van der Waals surface area (Å²) in [7, 11) is 0. The lowest BCUT2D eigenvalue weighted by Crippen LogP contribution is -2.27. The van der Waals surface area contributed by atoms with Crippen molar-refractivity contribution in [3.63, 3.8) is 0 Å². The zero-order valence-electron chi connectivity index (χ0n) is 10.9. The van der Waals surface area contributed by atoms with Crippen molar-refractivity contribution in [3.05, 3.63) is 60.2 Å². The van der Waals surface area contributed by atoms with Crippen LogP contribution in [0.15, 0.2) is 59.6 Å². The maximum absolute atomic E-state index is 12.0. The highest BCUT2D eigenvalue weighted by Gasteiger charge is 2.12. The van der Waals surface area contributed by atoms with Gasteiger partial charge in [0.25, 0.3) is 5.91 Å². The molecule has 0 saturated heterocycles. The van der Waals surface area contributed by atoms with Gasteiger partial charge in [0.15, 0.2) is 5.17 Å². The van der Waals surface area contributed by atoms with Crippen molar-refractivity contribution in [2.45, 2.75) is 0 Å². The van der Waals surface area contributed by atoms with Gasteiger partial charge in [-0.15, -0.1) is 0 Å². The van der Waals surface area contributed by atoms with Crippen LogP contribution in [0.4, 0.5) is 0 Å². The van der Waals surface area contributed by atoms with E-state index in [1.165, 1.54) is 0 Å². The monoisotopic (exact) mass is 282 g/mol. The molecule has 3 rings (SSSR count). The van der Waals surface area contributed by atoms with Crippen LogP contribution in [-0.2, 0) is 0 Å². The number of amides is 1. The number of benzene rings is 2. The molecular formula is C16H14N2OS. The van der Waals surface area contributed by atoms with E-state index in [1.54, 1.807) is 11.8 Å². The first-order valence-corrected chi connectivity index (χ1v) is 7.45. The van der Waals surface area contributed by atoms with Gasteiger partial charge in [0.05, 0.1) is 6.54 Å². The minimum absolute atomic E-state index is 0.0993. The molecule has 0 fully saturated rings. The SMILES string of the molecule is O=C(NC1=NCCS1)c1ccc(-c2ccccc2)cc1. The van der Waals surface area contributed by atoms with Gasteiger partial charge in [0.1, 0.15) is 0 Å². The summed E-state index contributed by atoms with van der Waals surface area (Å²) in [5.41, 5.74) is 2.91. The van der Waals surface area contributed by atoms with E-state index in [4.69, 9.17) is 0 Å². The molecule has 0 saturated carbocycles. The molecule has 0 aromatic heterocycles. The number of thioether (sulfide) groups is 1. The molecule has 0 bridgehead atoms. The number of carbonyl (C=O) groups excluding carboxylic acids is 1. The quantitative estimate of drug-likeness (QED) is 0.919. The molecule has 0 atom stereocenters. The summed E-state index contributed by atoms with van der Waals surface area (Å²) in [5.74, 6) is 0.848. The number of rotatable bonds is 2. The van der Waals surface area contributed by atoms with Crippen LogP contribution in [-0.4, -0.2) is 23.4 Å². The van der Waals surface area contributed by atoms with Crippen molar-refractivity contribution in [1.82, 2.24) is 5.32 Å². The predicted molar refractivity (Wildman–Crippen MR) is 84.1 cm³/mol. The molecule has 0 aliphatic carbocycles. The Labute approximate surface area is 122 Å². The fourth-order valence-corrected chi connectivity index (χ4v) is 2.75. The third-order valence-electron chi connectivity index (χ3n) is 3.06. The Bertz CT molecular complexity index is 635. The first kappa shape index (κ1) is 12.9. The van der Waals surface area contributed by atoms with Crippen LogP contribution in [0, 0.1) is 0 Å². The van der Waals surface area contributed by atoms with Crippen LogP contribution in [0.25, 0.3) is 11.1 Å². The van der Waals surface area contributed by atoms with Gasteiger partial charge in [-0.05, 0) is 23.3 Å². The molecule has 3 nitrogen and oxygen atoms in total. The van der Waals surface area contributed by atoms with Crippen molar-refractivity contribution in [2.24, 2.45) is 4.99 Å². The van der Waals surface area contributed by atoms with Gasteiger partial charge in [0, 0.05) is 11.3 Å². The number of amidine groups is 1. The molecular weight excluding hydrogens is 268 g/mol. The van der Waals surface area contributed by atoms with Gasteiger partial charge in [-0.2, -0.15) is 0 Å². The van der Waals surface area contributed by atoms with Crippen LogP contribution in [0.5, 0.6) is 0 Å². The second-order valence-corrected chi connectivity index (χ2v) is 5.52. The molecule has 1 heterocycles. The van der Waals surface area contributed by atoms with Gasteiger partial charge >= 0.3 is 0 Å². The van der Waals surface area contributed by atoms with E-state index < -0.39 is 0 Å². The second-order valence-electron chi connectivity index (χ2n) is 4.43. The number of nitrogens with one attached hydrogen (secondary N) is 1. The minimum Gasteiger partial charge on any atom is -0.301 e. The first-order chi connectivity index (χ1) is 9.83. The lowest BCUT2D eigenvalue weighted by Gasteiger charge is -2.05. The topological polar surface area (TPSA) is 41.5 Å². The predicted octanol–water partition coefficient (Wildman–Crippen LogP) is 3.19. The van der Waals surface area contributed by atoms with Crippen LogP contribution in [0.1, 0.15) is 10.4 Å². The number of aliphatic imine (C=N–C) groups is 1. The summed E-state index contributed by atoms with van der Waals surface area (Å²) in [5, 5.41) is 3.55. The van der Waals surface area contributed by atoms with Crippen molar-refractivity contribution in [3.8, 4) is 11.1 Å². The largest absolute Gasteiger partial charge is 0.301 e. The molecule has 1 amide bonds. The Balaban J connectivity index is 1.74. The van der Waals surface area contributed by atoms with Gasteiger partial charge < -0.3 is 5.32 Å². The highest BCUT2D eigenvalue weighted by molar-refractivity contribution is 8.14. The van der Waals surface area contributed by atoms with E-state index in [9.17, 15) is 4.79 Å². The van der Waals surface area contributed by atoms with E-state index in [2.05, 4.69) is 22.4 Å². The molecule has 2 aromatic rings. The van der Waals surface area contributed by atoms with Crippen LogP contribution in [0.3, 0.4) is 0 Å². The maximum Gasteiger partial charge on any atom is 0.257 e. The van der Waals surface area contributed by atoms with Gasteiger partial charge in [-0.25, -0.2) is 0 Å². The van der Waals surface area contributed by atoms with E-state index in [-0.39, 0.29) is 5.91 Å². The Kier molecular flexibility index (Phi) is 3.83. The Morgan fingerprint density at radius 3 is 2.35 bits per heavy atom. The molecule has 1 aliphatic rings. The molecule has 1 N–H and O–H groups in total. The lowest BCUT2D eigenvalue weighted by molar-refractivity contribution is 0.0978. The number of hydrogen-bond donors (Lipinski definition) is 1. The zero-order chi connectivity index (χ0) is 13.8.